The van der Waals surface area contributed by atoms with Crippen LogP contribution in [0.25, 0.3) is 0 Å². The van der Waals surface area contributed by atoms with Crippen molar-refractivity contribution in [3.05, 3.63) is 94.2 Å². The standard InChI is InChI=1S/C25H22N4O5S4/c30-25(27-26-22-9-3-7-17-6-1-2-8-21(17)22)18-14-19(28-37(31,32)23-10-4-12-35-23)16-20(15-18)29-38(33,34)24-11-5-13-36-24/h1-2,4-6,8,10-16,28-29H,3,7,9H2,(H,27,30)/b26-22-. The Hall–Kier alpha value is -3.52. The van der Waals surface area contributed by atoms with Gasteiger partial charge in [0.1, 0.15) is 8.42 Å². The van der Waals surface area contributed by atoms with Crippen molar-refractivity contribution in [1.82, 2.24) is 5.43 Å². The average molecular weight is 587 g/mol. The average Bonchev–Trinajstić information content (AvgIpc) is 3.62. The number of nitrogens with one attached hydrogen (secondary N) is 3. The summed E-state index contributed by atoms with van der Waals surface area (Å²) in [6.45, 7) is 0. The van der Waals surface area contributed by atoms with Gasteiger partial charge in [0.25, 0.3) is 26.0 Å². The van der Waals surface area contributed by atoms with E-state index >= 15 is 0 Å². The SMILES string of the molecule is O=C(N/N=C1/CCCc2ccccc21)c1cc(NS(=O)(=O)c2cccs2)cc(NS(=O)(=O)c2cccs2)c1. The quantitative estimate of drug-likeness (QED) is 0.253. The molecule has 38 heavy (non-hydrogen) atoms. The molecule has 1 aliphatic carbocycles. The second kappa shape index (κ2) is 10.7. The van der Waals surface area contributed by atoms with Crippen LogP contribution in [-0.2, 0) is 26.5 Å². The van der Waals surface area contributed by atoms with Gasteiger partial charge in [0.15, 0.2) is 0 Å². The number of hydrazone groups is 1. The number of amides is 1. The molecule has 0 fully saturated rings. The van der Waals surface area contributed by atoms with E-state index in [4.69, 9.17) is 0 Å². The van der Waals surface area contributed by atoms with Gasteiger partial charge >= 0.3 is 0 Å². The van der Waals surface area contributed by atoms with Crippen LogP contribution in [0.15, 0.2) is 91.0 Å². The Morgan fingerprint density at radius 2 is 1.37 bits per heavy atom. The van der Waals surface area contributed by atoms with Gasteiger partial charge in [-0.05, 0) is 65.9 Å². The van der Waals surface area contributed by atoms with Gasteiger partial charge in [-0.1, -0.05) is 36.4 Å². The summed E-state index contributed by atoms with van der Waals surface area (Å²) in [6.07, 6.45) is 2.54. The van der Waals surface area contributed by atoms with E-state index in [-0.39, 0.29) is 25.4 Å². The summed E-state index contributed by atoms with van der Waals surface area (Å²) in [5.74, 6) is -0.616. The minimum atomic E-state index is -3.94. The van der Waals surface area contributed by atoms with Gasteiger partial charge in [0, 0.05) is 11.1 Å². The van der Waals surface area contributed by atoms with Crippen molar-refractivity contribution in [2.75, 3.05) is 9.44 Å². The maximum Gasteiger partial charge on any atom is 0.271 e. The number of thiophene rings is 2. The highest BCUT2D eigenvalue weighted by Crippen LogP contribution is 2.27. The van der Waals surface area contributed by atoms with Crippen LogP contribution in [0.5, 0.6) is 0 Å². The number of aryl methyl sites for hydroxylation is 1. The first-order chi connectivity index (χ1) is 18.2. The maximum absolute atomic E-state index is 13.1. The van der Waals surface area contributed by atoms with Crippen molar-refractivity contribution in [3.8, 4) is 0 Å². The van der Waals surface area contributed by atoms with E-state index in [9.17, 15) is 21.6 Å². The lowest BCUT2D eigenvalue weighted by atomic mass is 9.90. The zero-order chi connectivity index (χ0) is 26.8. The number of rotatable bonds is 8. The third-order valence-electron chi connectivity index (χ3n) is 5.70. The number of sulfonamides is 2. The number of anilines is 2. The van der Waals surface area contributed by atoms with E-state index in [1.165, 1.54) is 30.3 Å². The van der Waals surface area contributed by atoms with Crippen LogP contribution in [0.1, 0.15) is 34.3 Å². The van der Waals surface area contributed by atoms with Crippen molar-refractivity contribution < 1.29 is 21.6 Å². The molecule has 0 saturated heterocycles. The molecule has 2 heterocycles. The number of carbonyl (C=O) groups excluding carboxylic acids is 1. The molecule has 9 nitrogen and oxygen atoms in total. The van der Waals surface area contributed by atoms with Crippen LogP contribution >= 0.6 is 22.7 Å². The molecule has 3 N–H and O–H groups in total. The summed E-state index contributed by atoms with van der Waals surface area (Å²) < 4.78 is 56.3. The highest BCUT2D eigenvalue weighted by molar-refractivity contribution is 7.95. The van der Waals surface area contributed by atoms with Gasteiger partial charge in [-0.25, -0.2) is 22.3 Å². The number of benzene rings is 2. The van der Waals surface area contributed by atoms with Crippen LogP contribution in [0.4, 0.5) is 11.4 Å². The van der Waals surface area contributed by atoms with E-state index in [1.54, 1.807) is 22.9 Å². The lowest BCUT2D eigenvalue weighted by Gasteiger charge is -2.17. The van der Waals surface area contributed by atoms with Crippen molar-refractivity contribution in [3.63, 3.8) is 0 Å². The largest absolute Gasteiger partial charge is 0.279 e. The van der Waals surface area contributed by atoms with Gasteiger partial charge < -0.3 is 0 Å². The summed E-state index contributed by atoms with van der Waals surface area (Å²) >= 11 is 2.07. The first-order valence-electron chi connectivity index (χ1n) is 11.4. The van der Waals surface area contributed by atoms with E-state index < -0.39 is 26.0 Å². The molecule has 5 rings (SSSR count). The summed E-state index contributed by atoms with van der Waals surface area (Å²) in [5.41, 5.74) is 5.48. The molecule has 0 saturated carbocycles. The van der Waals surface area contributed by atoms with Crippen LogP contribution in [-0.4, -0.2) is 28.5 Å². The number of nitrogens with zero attached hydrogens (tertiary/aromatic N) is 1. The monoisotopic (exact) mass is 586 g/mol. The van der Waals surface area contributed by atoms with Gasteiger partial charge in [-0.3, -0.25) is 14.2 Å². The predicted octanol–water partition coefficient (Wildman–Crippen LogP) is 4.88. The molecular formula is C25H22N4O5S4. The summed E-state index contributed by atoms with van der Waals surface area (Å²) in [6, 6.07) is 17.9. The fraction of sp³-hybridized carbons (Fsp3) is 0.120. The van der Waals surface area contributed by atoms with E-state index in [0.717, 1.165) is 52.4 Å². The Morgan fingerprint density at radius 1 is 0.763 bits per heavy atom. The molecule has 4 aromatic rings. The molecule has 2 aromatic carbocycles. The highest BCUT2D eigenvalue weighted by Gasteiger charge is 2.21. The van der Waals surface area contributed by atoms with Gasteiger partial charge in [0.05, 0.1) is 17.1 Å². The van der Waals surface area contributed by atoms with Crippen LogP contribution < -0.4 is 14.9 Å². The van der Waals surface area contributed by atoms with Crippen LogP contribution in [0.3, 0.4) is 0 Å². The minimum absolute atomic E-state index is 0.0191. The number of hydrogen-bond donors (Lipinski definition) is 3. The molecule has 0 spiro atoms. The normalized spacial score (nSPS) is 14.6. The Kier molecular flexibility index (Phi) is 7.34. The smallest absolute Gasteiger partial charge is 0.271 e. The minimum Gasteiger partial charge on any atom is -0.279 e. The molecule has 0 unspecified atom stereocenters. The Labute approximate surface area is 228 Å². The Balaban J connectivity index is 1.46. The van der Waals surface area contributed by atoms with Crippen molar-refractivity contribution in [2.45, 2.75) is 27.7 Å². The zero-order valence-electron chi connectivity index (χ0n) is 19.7. The summed E-state index contributed by atoms with van der Waals surface area (Å²) in [5, 5.41) is 7.59. The fourth-order valence-corrected chi connectivity index (χ4v) is 8.09. The lowest BCUT2D eigenvalue weighted by Crippen LogP contribution is -2.23. The molecule has 0 atom stereocenters. The fourth-order valence-electron chi connectivity index (χ4n) is 4.02. The zero-order valence-corrected chi connectivity index (χ0v) is 23.0. The van der Waals surface area contributed by atoms with Gasteiger partial charge in [-0.15, -0.1) is 22.7 Å². The second-order valence-corrected chi connectivity index (χ2v) is 14.1. The topological polar surface area (TPSA) is 134 Å². The lowest BCUT2D eigenvalue weighted by molar-refractivity contribution is 0.0954. The summed E-state index contributed by atoms with van der Waals surface area (Å²) in [4.78, 5) is 13.1. The van der Waals surface area contributed by atoms with E-state index in [1.807, 2.05) is 24.3 Å². The van der Waals surface area contributed by atoms with Gasteiger partial charge in [-0.2, -0.15) is 5.10 Å². The maximum atomic E-state index is 13.1. The van der Waals surface area contributed by atoms with E-state index in [0.29, 0.717) is 6.42 Å². The molecule has 0 bridgehead atoms. The second-order valence-electron chi connectivity index (χ2n) is 8.38. The van der Waals surface area contributed by atoms with Crippen LogP contribution in [0, 0.1) is 0 Å². The number of fused-ring (bicyclic) bond motifs is 1. The molecule has 1 amide bonds. The van der Waals surface area contributed by atoms with Crippen LogP contribution in [0.2, 0.25) is 0 Å². The van der Waals surface area contributed by atoms with Crippen molar-refractivity contribution in [1.29, 1.82) is 0 Å². The van der Waals surface area contributed by atoms with E-state index in [2.05, 4.69) is 20.0 Å². The first kappa shape index (κ1) is 26.1. The molecule has 13 heteroatoms. The third kappa shape index (κ3) is 5.80. The number of carbonyl (C=O) groups is 1. The molecule has 1 aliphatic rings. The number of hydrogen-bond acceptors (Lipinski definition) is 8. The molecule has 2 aromatic heterocycles. The van der Waals surface area contributed by atoms with Crippen molar-refractivity contribution >= 4 is 65.7 Å². The highest BCUT2D eigenvalue weighted by atomic mass is 32.3. The third-order valence-corrected chi connectivity index (χ3v) is 11.3. The molecule has 0 radical (unpaired) electrons. The van der Waals surface area contributed by atoms with Gasteiger partial charge in [0.2, 0.25) is 0 Å². The first-order valence-corrected chi connectivity index (χ1v) is 16.2. The molecule has 196 valence electrons. The molecule has 0 aliphatic heterocycles. The summed E-state index contributed by atoms with van der Waals surface area (Å²) in [7, 11) is -7.89. The molecular weight excluding hydrogens is 565 g/mol. The van der Waals surface area contributed by atoms with Crippen molar-refractivity contribution in [2.24, 2.45) is 5.10 Å². The Morgan fingerprint density at radius 3 is 1.95 bits per heavy atom. The Bertz CT molecular complexity index is 1630. The predicted molar refractivity (Wildman–Crippen MR) is 150 cm³/mol.